The summed E-state index contributed by atoms with van der Waals surface area (Å²) in [6, 6.07) is -0.809. The van der Waals surface area contributed by atoms with Crippen molar-refractivity contribution in [1.29, 1.82) is 0 Å². The van der Waals surface area contributed by atoms with Crippen LogP contribution in [0.3, 0.4) is 0 Å². The molecule has 0 spiro atoms. The SMILES string of the molecule is CCNC(=O)CN(C)C(=O)CCC(N)C(=O)OC. The van der Waals surface area contributed by atoms with Crippen molar-refractivity contribution in [3.8, 4) is 0 Å². The van der Waals surface area contributed by atoms with Gasteiger partial charge in [-0.05, 0) is 13.3 Å². The van der Waals surface area contributed by atoms with Crippen molar-refractivity contribution >= 4 is 17.8 Å². The molecule has 0 radical (unpaired) electrons. The van der Waals surface area contributed by atoms with Crippen LogP contribution in [0.4, 0.5) is 0 Å². The Balaban J connectivity index is 4.01. The van der Waals surface area contributed by atoms with Gasteiger partial charge in [0.15, 0.2) is 0 Å². The molecule has 2 amide bonds. The molecule has 104 valence electrons. The van der Waals surface area contributed by atoms with Crippen molar-refractivity contribution in [1.82, 2.24) is 10.2 Å². The number of nitrogens with zero attached hydrogens (tertiary/aromatic N) is 1. The van der Waals surface area contributed by atoms with E-state index in [2.05, 4.69) is 10.1 Å². The molecule has 0 bridgehead atoms. The number of hydrogen-bond acceptors (Lipinski definition) is 5. The number of esters is 1. The lowest BCUT2D eigenvalue weighted by molar-refractivity contribution is -0.142. The Labute approximate surface area is 107 Å². The Hall–Kier alpha value is -1.63. The Morgan fingerprint density at radius 3 is 2.50 bits per heavy atom. The molecule has 3 N–H and O–H groups in total. The first-order valence-electron chi connectivity index (χ1n) is 5.76. The van der Waals surface area contributed by atoms with Crippen LogP contribution in [0.5, 0.6) is 0 Å². The lowest BCUT2D eigenvalue weighted by atomic mass is 10.1. The number of nitrogens with one attached hydrogen (secondary N) is 1. The minimum Gasteiger partial charge on any atom is -0.468 e. The number of likely N-dealkylation sites (N-methyl/N-ethyl adjacent to an activating group) is 2. The second kappa shape index (κ2) is 8.46. The smallest absolute Gasteiger partial charge is 0.322 e. The molecule has 0 aromatic carbocycles. The van der Waals surface area contributed by atoms with Crippen LogP contribution in [0.1, 0.15) is 19.8 Å². The molecule has 0 aromatic heterocycles. The summed E-state index contributed by atoms with van der Waals surface area (Å²) in [5.74, 6) is -1.000. The van der Waals surface area contributed by atoms with Crippen molar-refractivity contribution in [3.63, 3.8) is 0 Å². The predicted octanol–water partition coefficient (Wildman–Crippen LogP) is -1.14. The van der Waals surface area contributed by atoms with Gasteiger partial charge >= 0.3 is 5.97 Å². The molecule has 0 heterocycles. The average molecular weight is 259 g/mol. The number of nitrogens with two attached hydrogens (primary N) is 1. The van der Waals surface area contributed by atoms with E-state index in [0.717, 1.165) is 0 Å². The van der Waals surface area contributed by atoms with Gasteiger partial charge in [-0.3, -0.25) is 14.4 Å². The van der Waals surface area contributed by atoms with Crippen LogP contribution >= 0.6 is 0 Å². The maximum atomic E-state index is 11.6. The molecule has 0 aliphatic rings. The monoisotopic (exact) mass is 259 g/mol. The number of hydrogen-bond donors (Lipinski definition) is 2. The second-order valence-corrected chi connectivity index (χ2v) is 3.87. The number of amides is 2. The van der Waals surface area contributed by atoms with Crippen molar-refractivity contribution in [2.45, 2.75) is 25.8 Å². The van der Waals surface area contributed by atoms with E-state index in [1.165, 1.54) is 19.1 Å². The van der Waals surface area contributed by atoms with Crippen LogP contribution < -0.4 is 11.1 Å². The van der Waals surface area contributed by atoms with E-state index in [9.17, 15) is 14.4 Å². The Bertz CT molecular complexity index is 307. The van der Waals surface area contributed by atoms with E-state index < -0.39 is 12.0 Å². The largest absolute Gasteiger partial charge is 0.468 e. The zero-order chi connectivity index (χ0) is 14.1. The zero-order valence-corrected chi connectivity index (χ0v) is 11.1. The molecule has 0 fully saturated rings. The summed E-state index contributed by atoms with van der Waals surface area (Å²) in [7, 11) is 2.77. The standard InChI is InChI=1S/C11H21N3O4/c1-4-13-9(15)7-14(2)10(16)6-5-8(12)11(17)18-3/h8H,4-7,12H2,1-3H3,(H,13,15). The second-order valence-electron chi connectivity index (χ2n) is 3.87. The fraction of sp³-hybridized carbons (Fsp3) is 0.727. The van der Waals surface area contributed by atoms with Crippen LogP contribution in [-0.4, -0.2) is 56.0 Å². The van der Waals surface area contributed by atoms with Gasteiger partial charge in [0.25, 0.3) is 0 Å². The van der Waals surface area contributed by atoms with Gasteiger partial charge in [0, 0.05) is 20.0 Å². The van der Waals surface area contributed by atoms with E-state index >= 15 is 0 Å². The lowest BCUT2D eigenvalue weighted by Gasteiger charge is -2.17. The van der Waals surface area contributed by atoms with Crippen molar-refractivity contribution in [3.05, 3.63) is 0 Å². The summed E-state index contributed by atoms with van der Waals surface area (Å²) in [6.07, 6.45) is 0.303. The van der Waals surface area contributed by atoms with Gasteiger partial charge in [0.2, 0.25) is 11.8 Å². The highest BCUT2D eigenvalue weighted by Crippen LogP contribution is 2.00. The molecular weight excluding hydrogens is 238 g/mol. The predicted molar refractivity (Wildman–Crippen MR) is 65.5 cm³/mol. The molecule has 0 rings (SSSR count). The third-order valence-electron chi connectivity index (χ3n) is 2.35. The first kappa shape index (κ1) is 16.4. The van der Waals surface area contributed by atoms with Crippen LogP contribution in [0, 0.1) is 0 Å². The van der Waals surface area contributed by atoms with Crippen LogP contribution in [0.15, 0.2) is 0 Å². The highest BCUT2D eigenvalue weighted by Gasteiger charge is 2.18. The minimum atomic E-state index is -0.809. The molecule has 0 saturated carbocycles. The molecule has 7 nitrogen and oxygen atoms in total. The Kier molecular flexibility index (Phi) is 7.69. The highest BCUT2D eigenvalue weighted by atomic mass is 16.5. The Morgan fingerprint density at radius 2 is 2.00 bits per heavy atom. The van der Waals surface area contributed by atoms with E-state index in [-0.39, 0.29) is 31.2 Å². The maximum absolute atomic E-state index is 11.6. The first-order chi connectivity index (χ1) is 8.42. The Morgan fingerprint density at radius 1 is 1.39 bits per heavy atom. The number of carbonyl (C=O) groups excluding carboxylic acids is 3. The molecule has 7 heteroatoms. The number of methoxy groups -OCH3 is 1. The highest BCUT2D eigenvalue weighted by molar-refractivity contribution is 5.85. The molecule has 1 unspecified atom stereocenters. The number of rotatable bonds is 7. The van der Waals surface area contributed by atoms with E-state index in [0.29, 0.717) is 6.54 Å². The van der Waals surface area contributed by atoms with Crippen molar-refractivity contribution < 1.29 is 19.1 Å². The van der Waals surface area contributed by atoms with E-state index in [1.807, 2.05) is 0 Å². The third-order valence-corrected chi connectivity index (χ3v) is 2.35. The zero-order valence-electron chi connectivity index (χ0n) is 11.1. The van der Waals surface area contributed by atoms with Gasteiger partial charge < -0.3 is 20.7 Å². The van der Waals surface area contributed by atoms with Gasteiger partial charge in [0.1, 0.15) is 6.04 Å². The van der Waals surface area contributed by atoms with Gasteiger partial charge in [-0.2, -0.15) is 0 Å². The molecule has 0 aromatic rings. The molecule has 0 aliphatic carbocycles. The fourth-order valence-corrected chi connectivity index (χ4v) is 1.30. The van der Waals surface area contributed by atoms with Crippen LogP contribution in [-0.2, 0) is 19.1 Å². The topological polar surface area (TPSA) is 102 Å². The van der Waals surface area contributed by atoms with Crippen LogP contribution in [0.2, 0.25) is 0 Å². The first-order valence-corrected chi connectivity index (χ1v) is 5.76. The summed E-state index contributed by atoms with van der Waals surface area (Å²) in [5.41, 5.74) is 5.50. The lowest BCUT2D eigenvalue weighted by Crippen LogP contribution is -2.39. The number of carbonyl (C=O) groups is 3. The summed E-state index contributed by atoms with van der Waals surface area (Å²) in [6.45, 7) is 2.32. The third kappa shape index (κ3) is 6.19. The molecular formula is C11H21N3O4. The van der Waals surface area contributed by atoms with Crippen molar-refractivity contribution in [2.24, 2.45) is 5.73 Å². The van der Waals surface area contributed by atoms with Crippen LogP contribution in [0.25, 0.3) is 0 Å². The van der Waals surface area contributed by atoms with E-state index in [4.69, 9.17) is 5.73 Å². The summed E-state index contributed by atoms with van der Waals surface area (Å²) >= 11 is 0. The number of ether oxygens (including phenoxy) is 1. The molecule has 18 heavy (non-hydrogen) atoms. The summed E-state index contributed by atoms with van der Waals surface area (Å²) in [4.78, 5) is 35.2. The fourth-order valence-electron chi connectivity index (χ4n) is 1.30. The maximum Gasteiger partial charge on any atom is 0.322 e. The quantitative estimate of drug-likeness (QED) is 0.563. The van der Waals surface area contributed by atoms with Gasteiger partial charge in [-0.1, -0.05) is 0 Å². The average Bonchev–Trinajstić information content (AvgIpc) is 2.34. The minimum absolute atomic E-state index is 0.000135. The van der Waals surface area contributed by atoms with Gasteiger partial charge in [-0.25, -0.2) is 0 Å². The normalized spacial score (nSPS) is 11.6. The summed E-state index contributed by atoms with van der Waals surface area (Å²) in [5, 5.41) is 2.59. The van der Waals surface area contributed by atoms with Gasteiger partial charge in [-0.15, -0.1) is 0 Å². The van der Waals surface area contributed by atoms with E-state index in [1.54, 1.807) is 6.92 Å². The molecule has 0 aliphatic heterocycles. The molecule has 0 saturated heterocycles. The summed E-state index contributed by atoms with van der Waals surface area (Å²) < 4.78 is 4.45. The molecule has 1 atom stereocenters. The van der Waals surface area contributed by atoms with Gasteiger partial charge in [0.05, 0.1) is 13.7 Å². The van der Waals surface area contributed by atoms with Crippen molar-refractivity contribution in [2.75, 3.05) is 27.2 Å².